The molecule has 1 aromatic carbocycles. The highest BCUT2D eigenvalue weighted by molar-refractivity contribution is 7.99. The third-order valence-electron chi connectivity index (χ3n) is 3.26. The molecule has 0 aliphatic carbocycles. The number of furan rings is 1. The van der Waals surface area contributed by atoms with Gasteiger partial charge in [0, 0.05) is 18.1 Å². The van der Waals surface area contributed by atoms with Crippen molar-refractivity contribution in [2.24, 2.45) is 0 Å². The maximum Gasteiger partial charge on any atom is 0.230 e. The summed E-state index contributed by atoms with van der Waals surface area (Å²) in [5.74, 6) is 0.999. The lowest BCUT2D eigenvalue weighted by Crippen LogP contribution is -2.24. The number of nitrogens with one attached hydrogen (secondary N) is 1. The van der Waals surface area contributed by atoms with Crippen LogP contribution in [0.15, 0.2) is 64.6 Å². The molecule has 23 heavy (non-hydrogen) atoms. The van der Waals surface area contributed by atoms with Crippen LogP contribution in [0.2, 0.25) is 0 Å². The number of rotatable bonds is 6. The Kier molecular flexibility index (Phi) is 4.83. The summed E-state index contributed by atoms with van der Waals surface area (Å²) in [5, 5.41) is 3.62. The molecule has 0 bridgehead atoms. The molecule has 3 aromatic rings. The van der Waals surface area contributed by atoms with E-state index in [1.807, 2.05) is 29.0 Å². The smallest absolute Gasteiger partial charge is 0.230 e. The van der Waals surface area contributed by atoms with Crippen LogP contribution in [0.3, 0.4) is 0 Å². The Balaban J connectivity index is 1.58. The summed E-state index contributed by atoms with van der Waals surface area (Å²) in [4.78, 5) is 16.3. The Hall–Kier alpha value is -2.47. The Morgan fingerprint density at radius 3 is 3.04 bits per heavy atom. The summed E-state index contributed by atoms with van der Waals surface area (Å²) < 4.78 is 7.17. The van der Waals surface area contributed by atoms with Gasteiger partial charge >= 0.3 is 0 Å². The summed E-state index contributed by atoms with van der Waals surface area (Å²) >= 11 is 1.41. The molecule has 0 radical (unpaired) electrons. The SMILES string of the molecule is Cc1cccc(-n2ccnc2SCC(=O)NCc2ccco2)c1. The molecule has 0 spiro atoms. The van der Waals surface area contributed by atoms with E-state index < -0.39 is 0 Å². The zero-order chi connectivity index (χ0) is 16.1. The number of hydrogen-bond donors (Lipinski definition) is 1. The Morgan fingerprint density at radius 1 is 1.35 bits per heavy atom. The van der Waals surface area contributed by atoms with Crippen LogP contribution in [0.25, 0.3) is 5.69 Å². The number of aromatic nitrogens is 2. The van der Waals surface area contributed by atoms with Crippen LogP contribution in [0.5, 0.6) is 0 Å². The van der Waals surface area contributed by atoms with E-state index in [2.05, 4.69) is 29.4 Å². The van der Waals surface area contributed by atoms with Gasteiger partial charge in [-0.25, -0.2) is 4.98 Å². The maximum atomic E-state index is 11.9. The number of nitrogens with zero attached hydrogens (tertiary/aromatic N) is 2. The van der Waals surface area contributed by atoms with Gasteiger partial charge in [0.05, 0.1) is 18.6 Å². The first-order valence-electron chi connectivity index (χ1n) is 7.24. The molecule has 0 unspecified atom stereocenters. The van der Waals surface area contributed by atoms with E-state index in [9.17, 15) is 4.79 Å². The lowest BCUT2D eigenvalue weighted by atomic mass is 10.2. The fourth-order valence-electron chi connectivity index (χ4n) is 2.15. The first-order valence-corrected chi connectivity index (χ1v) is 8.23. The van der Waals surface area contributed by atoms with Crippen molar-refractivity contribution in [2.45, 2.75) is 18.6 Å². The van der Waals surface area contributed by atoms with Crippen LogP contribution in [0.4, 0.5) is 0 Å². The average molecular weight is 327 g/mol. The number of benzene rings is 1. The molecule has 0 saturated heterocycles. The van der Waals surface area contributed by atoms with Gasteiger partial charge in [-0.1, -0.05) is 23.9 Å². The van der Waals surface area contributed by atoms with Gasteiger partial charge in [0.2, 0.25) is 5.91 Å². The molecule has 6 heteroatoms. The molecule has 0 aliphatic heterocycles. The van der Waals surface area contributed by atoms with E-state index >= 15 is 0 Å². The monoisotopic (exact) mass is 327 g/mol. The Labute approximate surface area is 138 Å². The molecule has 118 valence electrons. The van der Waals surface area contributed by atoms with Gasteiger partial charge in [-0.3, -0.25) is 9.36 Å². The largest absolute Gasteiger partial charge is 0.467 e. The van der Waals surface area contributed by atoms with Gasteiger partial charge in [0.25, 0.3) is 0 Å². The molecule has 2 aromatic heterocycles. The first-order chi connectivity index (χ1) is 11.2. The number of aryl methyl sites for hydroxylation is 1. The van der Waals surface area contributed by atoms with Gasteiger partial charge in [0.15, 0.2) is 5.16 Å². The molecule has 5 nitrogen and oxygen atoms in total. The average Bonchev–Trinajstić information content (AvgIpc) is 3.22. The van der Waals surface area contributed by atoms with Crippen molar-refractivity contribution in [3.8, 4) is 5.69 Å². The number of carbonyl (C=O) groups excluding carboxylic acids is 1. The summed E-state index contributed by atoms with van der Waals surface area (Å²) in [6.07, 6.45) is 5.23. The molecular weight excluding hydrogens is 310 g/mol. The molecule has 1 N–H and O–H groups in total. The second-order valence-electron chi connectivity index (χ2n) is 5.06. The Morgan fingerprint density at radius 2 is 2.26 bits per heavy atom. The highest BCUT2D eigenvalue weighted by Crippen LogP contribution is 2.20. The van der Waals surface area contributed by atoms with E-state index in [-0.39, 0.29) is 5.91 Å². The normalized spacial score (nSPS) is 10.7. The first kappa shape index (κ1) is 15.4. The summed E-state index contributed by atoms with van der Waals surface area (Å²) in [7, 11) is 0. The van der Waals surface area contributed by atoms with Gasteiger partial charge in [0.1, 0.15) is 5.76 Å². The number of imidazole rings is 1. The van der Waals surface area contributed by atoms with Crippen LogP contribution in [-0.4, -0.2) is 21.2 Å². The minimum atomic E-state index is -0.0507. The number of amides is 1. The van der Waals surface area contributed by atoms with Crippen molar-refractivity contribution in [1.82, 2.24) is 14.9 Å². The van der Waals surface area contributed by atoms with Crippen LogP contribution in [0.1, 0.15) is 11.3 Å². The van der Waals surface area contributed by atoms with Gasteiger partial charge in [-0.15, -0.1) is 0 Å². The van der Waals surface area contributed by atoms with Crippen molar-refractivity contribution in [3.05, 3.63) is 66.4 Å². The molecular formula is C17H17N3O2S. The van der Waals surface area contributed by atoms with E-state index in [0.717, 1.165) is 16.6 Å². The van der Waals surface area contributed by atoms with Crippen molar-refractivity contribution < 1.29 is 9.21 Å². The topological polar surface area (TPSA) is 60.1 Å². The summed E-state index contributed by atoms with van der Waals surface area (Å²) in [5.41, 5.74) is 2.23. The molecule has 2 heterocycles. The van der Waals surface area contributed by atoms with Crippen LogP contribution in [0, 0.1) is 6.92 Å². The third kappa shape index (κ3) is 4.04. The summed E-state index contributed by atoms with van der Waals surface area (Å²) in [6.45, 7) is 2.45. The van der Waals surface area contributed by atoms with Crippen molar-refractivity contribution in [2.75, 3.05) is 5.75 Å². The number of carbonyl (C=O) groups is 1. The zero-order valence-electron chi connectivity index (χ0n) is 12.7. The predicted molar refractivity (Wildman–Crippen MR) is 89.6 cm³/mol. The molecule has 3 rings (SSSR count). The number of hydrogen-bond acceptors (Lipinski definition) is 4. The fraction of sp³-hybridized carbons (Fsp3) is 0.176. The summed E-state index contributed by atoms with van der Waals surface area (Å²) in [6, 6.07) is 11.8. The van der Waals surface area contributed by atoms with E-state index in [1.165, 1.54) is 17.3 Å². The van der Waals surface area contributed by atoms with E-state index in [4.69, 9.17) is 4.42 Å². The lowest BCUT2D eigenvalue weighted by molar-refractivity contribution is -0.118. The van der Waals surface area contributed by atoms with Crippen LogP contribution >= 0.6 is 11.8 Å². The molecule has 0 fully saturated rings. The Bertz CT molecular complexity index is 781. The van der Waals surface area contributed by atoms with Crippen LogP contribution in [-0.2, 0) is 11.3 Å². The van der Waals surface area contributed by atoms with Crippen molar-refractivity contribution in [1.29, 1.82) is 0 Å². The van der Waals surface area contributed by atoms with E-state index in [0.29, 0.717) is 12.3 Å². The van der Waals surface area contributed by atoms with Gasteiger partial charge in [-0.2, -0.15) is 0 Å². The van der Waals surface area contributed by atoms with Crippen molar-refractivity contribution in [3.63, 3.8) is 0 Å². The fourth-order valence-corrected chi connectivity index (χ4v) is 2.95. The standard InChI is InChI=1S/C17H17N3O2S/c1-13-4-2-5-14(10-13)20-8-7-18-17(20)23-12-16(21)19-11-15-6-3-9-22-15/h2-10H,11-12H2,1H3,(H,19,21). The van der Waals surface area contributed by atoms with Crippen LogP contribution < -0.4 is 5.32 Å². The van der Waals surface area contributed by atoms with E-state index in [1.54, 1.807) is 18.5 Å². The zero-order valence-corrected chi connectivity index (χ0v) is 13.5. The van der Waals surface area contributed by atoms with Gasteiger partial charge < -0.3 is 9.73 Å². The second-order valence-corrected chi connectivity index (χ2v) is 6.01. The second kappa shape index (κ2) is 7.19. The minimum absolute atomic E-state index is 0.0507. The third-order valence-corrected chi connectivity index (χ3v) is 4.23. The molecule has 0 saturated carbocycles. The molecule has 1 amide bonds. The quantitative estimate of drug-likeness (QED) is 0.706. The highest BCUT2D eigenvalue weighted by atomic mass is 32.2. The van der Waals surface area contributed by atoms with Crippen molar-refractivity contribution >= 4 is 17.7 Å². The molecule has 0 aliphatic rings. The molecule has 0 atom stereocenters. The van der Waals surface area contributed by atoms with Gasteiger partial charge in [-0.05, 0) is 36.8 Å². The lowest BCUT2D eigenvalue weighted by Gasteiger charge is -2.08. The highest BCUT2D eigenvalue weighted by Gasteiger charge is 2.09. The predicted octanol–water partition coefficient (Wildman–Crippen LogP) is 3.18. The minimum Gasteiger partial charge on any atom is -0.467 e. The number of thioether (sulfide) groups is 1. The maximum absolute atomic E-state index is 11.9.